The normalized spacial score (nSPS) is 25.5. The zero-order valence-corrected chi connectivity index (χ0v) is 25.0. The molecule has 0 N–H and O–H groups in total. The van der Waals surface area contributed by atoms with Gasteiger partial charge in [-0.05, 0) is 47.2 Å². The number of likely N-dealkylation sites (tertiary alicyclic amines) is 1. The maximum absolute atomic E-state index is 13.8. The number of alkyl halides is 2. The molecule has 3 aromatic rings. The molecule has 4 aliphatic rings. The monoisotopic (exact) mass is 653 g/mol. The lowest BCUT2D eigenvalue weighted by atomic mass is 9.54. The second kappa shape index (κ2) is 10.7. The smallest absolute Gasteiger partial charge is 0.306 e. The summed E-state index contributed by atoms with van der Waals surface area (Å²) in [6.45, 7) is -0.0977. The van der Waals surface area contributed by atoms with Crippen molar-refractivity contribution in [2.24, 2.45) is 11.8 Å². The highest BCUT2D eigenvalue weighted by Crippen LogP contribution is 2.69. The fourth-order valence-electron chi connectivity index (χ4n) is 6.60. The number of ether oxygens (including phenoxy) is 1. The number of carbonyl (C=O) groups is 4. The third-order valence-corrected chi connectivity index (χ3v) is 10.3. The first kappa shape index (κ1) is 28.1. The van der Waals surface area contributed by atoms with Crippen LogP contribution in [0.25, 0.3) is 0 Å². The largest absolute Gasteiger partial charge is 0.457 e. The standard InChI is InChI=1S/C32H26BrCl2NO5/c33-20-15-13-19(14-16-20)25(37)18-41-26(38)12-2-1-7-17-36-29(39)27-28(30(36)40)32(35)22-9-4-3-8-21(22)31(27,34)23-10-5-6-11-24(23)32/h3-6,8-11,13-16,27-28H,1-2,7,12,17-18H2/t27-,28+,31?,32?. The summed E-state index contributed by atoms with van der Waals surface area (Å²) in [6, 6.07) is 21.9. The summed E-state index contributed by atoms with van der Waals surface area (Å²) in [6.07, 6.45) is 1.76. The van der Waals surface area contributed by atoms with E-state index in [9.17, 15) is 19.2 Å². The van der Waals surface area contributed by atoms with Gasteiger partial charge in [-0.25, -0.2) is 0 Å². The third-order valence-electron chi connectivity index (χ3n) is 8.47. The van der Waals surface area contributed by atoms with Crippen molar-refractivity contribution < 1.29 is 23.9 Å². The van der Waals surface area contributed by atoms with E-state index in [-0.39, 0.29) is 37.2 Å². The number of unbranched alkanes of at least 4 members (excludes halogenated alkanes) is 2. The Morgan fingerprint density at radius 2 is 1.24 bits per heavy atom. The molecule has 0 aromatic heterocycles. The topological polar surface area (TPSA) is 80.8 Å². The van der Waals surface area contributed by atoms with Crippen LogP contribution < -0.4 is 0 Å². The molecule has 0 unspecified atom stereocenters. The Morgan fingerprint density at radius 1 is 0.756 bits per heavy atom. The molecular formula is C32H26BrCl2NO5. The number of amides is 2. The van der Waals surface area contributed by atoms with Crippen molar-refractivity contribution in [3.63, 3.8) is 0 Å². The summed E-state index contributed by atoms with van der Waals surface area (Å²) in [5, 5.41) is 0. The molecule has 210 valence electrons. The number of hydrogen-bond acceptors (Lipinski definition) is 5. The minimum Gasteiger partial charge on any atom is -0.457 e. The fraction of sp³-hybridized carbons (Fsp3) is 0.312. The van der Waals surface area contributed by atoms with Crippen LogP contribution in [0.5, 0.6) is 0 Å². The molecule has 3 aliphatic carbocycles. The van der Waals surface area contributed by atoms with E-state index in [0.29, 0.717) is 24.8 Å². The zero-order valence-electron chi connectivity index (χ0n) is 21.9. The number of ketones is 1. The van der Waals surface area contributed by atoms with Gasteiger partial charge in [0.05, 0.1) is 11.8 Å². The van der Waals surface area contributed by atoms with Crippen LogP contribution in [0.3, 0.4) is 0 Å². The molecule has 1 saturated heterocycles. The molecule has 0 spiro atoms. The Hall–Kier alpha value is -3.00. The van der Waals surface area contributed by atoms with Crippen molar-refractivity contribution in [3.8, 4) is 0 Å². The van der Waals surface area contributed by atoms with Crippen LogP contribution in [0, 0.1) is 11.8 Å². The zero-order chi connectivity index (χ0) is 28.9. The maximum Gasteiger partial charge on any atom is 0.306 e. The Kier molecular flexibility index (Phi) is 7.33. The van der Waals surface area contributed by atoms with Crippen LogP contribution in [0.1, 0.15) is 58.3 Å². The average molecular weight is 655 g/mol. The Labute approximate surface area is 256 Å². The fourth-order valence-corrected chi connectivity index (χ4v) is 7.96. The van der Waals surface area contributed by atoms with E-state index < -0.39 is 27.6 Å². The summed E-state index contributed by atoms with van der Waals surface area (Å²) in [7, 11) is 0. The molecule has 0 radical (unpaired) electrons. The summed E-state index contributed by atoms with van der Waals surface area (Å²) < 4.78 is 5.99. The minimum absolute atomic E-state index is 0.140. The van der Waals surface area contributed by atoms with Crippen molar-refractivity contribution >= 4 is 62.7 Å². The molecule has 1 aliphatic heterocycles. The van der Waals surface area contributed by atoms with Crippen LogP contribution in [0.4, 0.5) is 0 Å². The van der Waals surface area contributed by atoms with Gasteiger partial charge in [-0.1, -0.05) is 83.0 Å². The molecule has 2 atom stereocenters. The van der Waals surface area contributed by atoms with Crippen molar-refractivity contribution in [2.45, 2.75) is 35.4 Å². The van der Waals surface area contributed by atoms with Gasteiger partial charge in [0.25, 0.3) is 0 Å². The minimum atomic E-state index is -1.19. The van der Waals surface area contributed by atoms with Crippen molar-refractivity contribution in [2.75, 3.05) is 13.2 Å². The summed E-state index contributed by atoms with van der Waals surface area (Å²) in [5.41, 5.74) is 3.57. The predicted octanol–water partition coefficient (Wildman–Crippen LogP) is 6.33. The number of Topliss-reactive ketones (excluding diaryl/α,β-unsaturated/α-hetero) is 1. The molecule has 7 rings (SSSR count). The van der Waals surface area contributed by atoms with E-state index in [4.69, 9.17) is 27.9 Å². The highest BCUT2D eigenvalue weighted by molar-refractivity contribution is 9.10. The molecule has 0 saturated carbocycles. The molecule has 2 bridgehead atoms. The second-order valence-corrected chi connectivity index (χ2v) is 12.8. The Balaban J connectivity index is 1.08. The number of nitrogens with zero attached hydrogens (tertiary/aromatic N) is 1. The summed E-state index contributed by atoms with van der Waals surface area (Å²) >= 11 is 18.2. The van der Waals surface area contributed by atoms with Crippen LogP contribution in [0.15, 0.2) is 77.3 Å². The van der Waals surface area contributed by atoms with Crippen LogP contribution in [0.2, 0.25) is 0 Å². The van der Waals surface area contributed by atoms with Crippen molar-refractivity contribution in [1.29, 1.82) is 0 Å². The van der Waals surface area contributed by atoms with Gasteiger partial charge >= 0.3 is 5.97 Å². The number of carbonyl (C=O) groups excluding carboxylic acids is 4. The average Bonchev–Trinajstić information content (AvgIpc) is 3.25. The molecule has 3 aromatic carbocycles. The van der Waals surface area contributed by atoms with Crippen LogP contribution in [-0.2, 0) is 28.9 Å². The van der Waals surface area contributed by atoms with Gasteiger partial charge in [-0.2, -0.15) is 0 Å². The van der Waals surface area contributed by atoms with Gasteiger partial charge in [-0.15, -0.1) is 23.2 Å². The second-order valence-electron chi connectivity index (χ2n) is 10.7. The number of rotatable bonds is 9. The highest BCUT2D eigenvalue weighted by Gasteiger charge is 2.72. The number of halogens is 3. The summed E-state index contributed by atoms with van der Waals surface area (Å²) in [5.74, 6) is -2.97. The molecule has 9 heteroatoms. The maximum atomic E-state index is 13.8. The van der Waals surface area contributed by atoms with E-state index in [1.165, 1.54) is 4.90 Å². The van der Waals surface area contributed by atoms with Crippen molar-refractivity contribution in [1.82, 2.24) is 4.90 Å². The molecule has 2 amide bonds. The van der Waals surface area contributed by atoms with E-state index in [1.807, 2.05) is 48.5 Å². The molecule has 1 fully saturated rings. The van der Waals surface area contributed by atoms with E-state index in [1.54, 1.807) is 24.3 Å². The van der Waals surface area contributed by atoms with Crippen LogP contribution in [-0.4, -0.2) is 41.6 Å². The highest BCUT2D eigenvalue weighted by atomic mass is 79.9. The predicted molar refractivity (Wildman–Crippen MR) is 158 cm³/mol. The Morgan fingerprint density at radius 3 is 1.73 bits per heavy atom. The molecule has 6 nitrogen and oxygen atoms in total. The van der Waals surface area contributed by atoms with Gasteiger partial charge in [0.2, 0.25) is 11.8 Å². The van der Waals surface area contributed by atoms with E-state index >= 15 is 0 Å². The number of hydrogen-bond donors (Lipinski definition) is 0. The lowest BCUT2D eigenvalue weighted by molar-refractivity contribution is -0.143. The van der Waals surface area contributed by atoms with Crippen molar-refractivity contribution in [3.05, 3.63) is 105 Å². The van der Waals surface area contributed by atoms with Gasteiger partial charge < -0.3 is 4.74 Å². The first-order valence-electron chi connectivity index (χ1n) is 13.6. The van der Waals surface area contributed by atoms with Gasteiger partial charge in [0.15, 0.2) is 12.4 Å². The molecule has 1 heterocycles. The Bertz CT molecular complexity index is 1450. The lowest BCUT2D eigenvalue weighted by Gasteiger charge is -2.54. The number of esters is 1. The van der Waals surface area contributed by atoms with E-state index in [2.05, 4.69) is 15.9 Å². The SMILES string of the molecule is O=C(CCCCCN1C(=O)[C@@H]2[C@H](C1=O)C1(Cl)c3ccccc3C2(Cl)c2ccccc21)OCC(=O)c1ccc(Br)cc1. The van der Waals surface area contributed by atoms with Gasteiger partial charge in [-0.3, -0.25) is 24.1 Å². The molecule has 41 heavy (non-hydrogen) atoms. The van der Waals surface area contributed by atoms with E-state index in [0.717, 1.165) is 26.7 Å². The lowest BCUT2D eigenvalue weighted by Crippen LogP contribution is -2.57. The number of imide groups is 1. The molecular weight excluding hydrogens is 629 g/mol. The summed E-state index contributed by atoms with van der Waals surface area (Å²) in [4.78, 5) is 50.9. The van der Waals surface area contributed by atoms with Crippen LogP contribution >= 0.6 is 39.1 Å². The third kappa shape index (κ3) is 4.36. The first-order chi connectivity index (χ1) is 19.7. The van der Waals surface area contributed by atoms with Gasteiger partial charge in [0.1, 0.15) is 9.75 Å². The first-order valence-corrected chi connectivity index (χ1v) is 15.1. The van der Waals surface area contributed by atoms with Gasteiger partial charge in [0, 0.05) is 23.0 Å². The quantitative estimate of drug-likeness (QED) is 0.0886. The number of benzene rings is 3.